The van der Waals surface area contributed by atoms with Crippen LogP contribution in [0.4, 0.5) is 5.95 Å². The predicted octanol–water partition coefficient (Wildman–Crippen LogP) is 1.10. The van der Waals surface area contributed by atoms with Gasteiger partial charge in [-0.3, -0.25) is 4.21 Å². The first-order valence-corrected chi connectivity index (χ1v) is 7.50. The Labute approximate surface area is 105 Å². The van der Waals surface area contributed by atoms with Crippen molar-refractivity contribution < 1.29 is 8.95 Å². The maximum atomic E-state index is 10.9. The number of aryl methyl sites for hydroxylation is 1. The first-order chi connectivity index (χ1) is 8.24. The van der Waals surface area contributed by atoms with E-state index in [-0.39, 0.29) is 0 Å². The van der Waals surface area contributed by atoms with Crippen LogP contribution in [0.3, 0.4) is 0 Å². The lowest BCUT2D eigenvalue weighted by atomic mass is 10.4. The normalized spacial score (nSPS) is 12.6. The highest BCUT2D eigenvalue weighted by Gasteiger charge is 2.01. The monoisotopic (exact) mass is 259 g/mol. The number of imidazole rings is 1. The Hall–Kier alpha value is -0.880. The number of hydrogen-bond donors (Lipinski definition) is 1. The average Bonchev–Trinajstić information content (AvgIpc) is 2.72. The molecule has 0 saturated heterocycles. The van der Waals surface area contributed by atoms with Crippen LogP contribution in [0.2, 0.25) is 0 Å². The molecule has 0 aliphatic carbocycles. The standard InChI is InChI=1S/C11H21N3O2S/c1-16-9-4-7-14-8-6-13-11(14)12-5-3-10-17(2)15/h6,8H,3-5,7,9-10H2,1-2H3,(H,12,13). The summed E-state index contributed by atoms with van der Waals surface area (Å²) in [5.41, 5.74) is 0. The first kappa shape index (κ1) is 14.2. The Bertz CT molecular complexity index is 341. The minimum Gasteiger partial charge on any atom is -0.385 e. The van der Waals surface area contributed by atoms with Gasteiger partial charge in [-0.2, -0.15) is 0 Å². The van der Waals surface area contributed by atoms with E-state index in [0.29, 0.717) is 0 Å². The Morgan fingerprint density at radius 2 is 2.35 bits per heavy atom. The van der Waals surface area contributed by atoms with Gasteiger partial charge in [-0.15, -0.1) is 0 Å². The fourth-order valence-corrected chi connectivity index (χ4v) is 2.06. The minimum absolute atomic E-state index is 0.709. The number of aromatic nitrogens is 2. The Morgan fingerprint density at radius 3 is 3.06 bits per heavy atom. The average molecular weight is 259 g/mol. The number of anilines is 1. The SMILES string of the molecule is COCCCn1ccnc1NCCCS(C)=O. The van der Waals surface area contributed by atoms with Crippen LogP contribution in [0.25, 0.3) is 0 Å². The van der Waals surface area contributed by atoms with Crippen LogP contribution in [0.15, 0.2) is 12.4 Å². The van der Waals surface area contributed by atoms with Crippen LogP contribution in [-0.2, 0) is 22.1 Å². The molecule has 1 aromatic rings. The quantitative estimate of drug-likeness (QED) is 0.675. The van der Waals surface area contributed by atoms with E-state index in [1.54, 1.807) is 19.6 Å². The third-order valence-corrected chi connectivity index (χ3v) is 3.22. The van der Waals surface area contributed by atoms with Crippen molar-refractivity contribution >= 4 is 16.7 Å². The molecule has 6 heteroatoms. The summed E-state index contributed by atoms with van der Waals surface area (Å²) in [5, 5.41) is 3.25. The van der Waals surface area contributed by atoms with Gasteiger partial charge in [-0.05, 0) is 12.8 Å². The summed E-state index contributed by atoms with van der Waals surface area (Å²) in [6.45, 7) is 2.46. The molecule has 0 bridgehead atoms. The Balaban J connectivity index is 2.27. The Kier molecular flexibility index (Phi) is 6.88. The maximum Gasteiger partial charge on any atom is 0.202 e. The summed E-state index contributed by atoms with van der Waals surface area (Å²) in [6, 6.07) is 0. The van der Waals surface area contributed by atoms with E-state index >= 15 is 0 Å². The molecule has 0 spiro atoms. The van der Waals surface area contributed by atoms with E-state index in [1.165, 1.54) is 0 Å². The largest absolute Gasteiger partial charge is 0.385 e. The molecule has 17 heavy (non-hydrogen) atoms. The molecular formula is C11H21N3O2S. The molecule has 1 N–H and O–H groups in total. The van der Waals surface area contributed by atoms with E-state index in [4.69, 9.17) is 4.74 Å². The number of nitrogens with one attached hydrogen (secondary N) is 1. The third kappa shape index (κ3) is 5.83. The molecule has 0 fully saturated rings. The molecule has 1 atom stereocenters. The van der Waals surface area contributed by atoms with Crippen molar-refractivity contribution in [1.29, 1.82) is 0 Å². The van der Waals surface area contributed by atoms with E-state index < -0.39 is 10.8 Å². The van der Waals surface area contributed by atoms with Gasteiger partial charge in [0.1, 0.15) is 0 Å². The second kappa shape index (κ2) is 8.25. The van der Waals surface area contributed by atoms with Crippen LogP contribution in [0, 0.1) is 0 Å². The highest BCUT2D eigenvalue weighted by molar-refractivity contribution is 7.84. The molecule has 1 rings (SSSR count). The van der Waals surface area contributed by atoms with Crippen molar-refractivity contribution in [2.75, 3.05) is 37.6 Å². The number of rotatable bonds is 9. The first-order valence-electron chi connectivity index (χ1n) is 5.78. The fourth-order valence-electron chi connectivity index (χ4n) is 1.51. The second-order valence-electron chi connectivity index (χ2n) is 3.85. The van der Waals surface area contributed by atoms with E-state index in [0.717, 1.165) is 44.2 Å². The highest BCUT2D eigenvalue weighted by atomic mass is 32.2. The summed E-state index contributed by atoms with van der Waals surface area (Å²) in [7, 11) is 0.997. The van der Waals surface area contributed by atoms with Crippen molar-refractivity contribution in [1.82, 2.24) is 9.55 Å². The van der Waals surface area contributed by atoms with Gasteiger partial charge in [0, 0.05) is 62.0 Å². The van der Waals surface area contributed by atoms with Crippen LogP contribution in [0.1, 0.15) is 12.8 Å². The topological polar surface area (TPSA) is 56.1 Å². The van der Waals surface area contributed by atoms with Crippen LogP contribution in [-0.4, -0.2) is 46.0 Å². The molecule has 1 unspecified atom stereocenters. The number of nitrogens with zero attached hydrogens (tertiary/aromatic N) is 2. The zero-order valence-corrected chi connectivity index (χ0v) is 11.3. The molecule has 1 heterocycles. The molecule has 0 aliphatic rings. The number of methoxy groups -OCH3 is 1. The van der Waals surface area contributed by atoms with Gasteiger partial charge in [0.2, 0.25) is 5.95 Å². The number of ether oxygens (including phenoxy) is 1. The van der Waals surface area contributed by atoms with Gasteiger partial charge >= 0.3 is 0 Å². The van der Waals surface area contributed by atoms with Gasteiger partial charge in [0.25, 0.3) is 0 Å². The van der Waals surface area contributed by atoms with Crippen LogP contribution < -0.4 is 5.32 Å². The van der Waals surface area contributed by atoms with Gasteiger partial charge in [-0.1, -0.05) is 0 Å². The summed E-state index contributed by atoms with van der Waals surface area (Å²) in [6.07, 6.45) is 7.34. The van der Waals surface area contributed by atoms with Crippen LogP contribution in [0.5, 0.6) is 0 Å². The lowest BCUT2D eigenvalue weighted by Gasteiger charge is -2.09. The van der Waals surface area contributed by atoms with E-state index in [9.17, 15) is 4.21 Å². The molecule has 0 saturated carbocycles. The smallest absolute Gasteiger partial charge is 0.202 e. The van der Waals surface area contributed by atoms with Crippen molar-refractivity contribution in [2.45, 2.75) is 19.4 Å². The summed E-state index contributed by atoms with van der Waals surface area (Å²) >= 11 is 0. The fraction of sp³-hybridized carbons (Fsp3) is 0.727. The zero-order chi connectivity index (χ0) is 12.5. The van der Waals surface area contributed by atoms with Crippen molar-refractivity contribution in [2.24, 2.45) is 0 Å². The van der Waals surface area contributed by atoms with Crippen molar-refractivity contribution in [3.05, 3.63) is 12.4 Å². The summed E-state index contributed by atoms with van der Waals surface area (Å²) in [5.74, 6) is 1.61. The summed E-state index contributed by atoms with van der Waals surface area (Å²) in [4.78, 5) is 4.25. The van der Waals surface area contributed by atoms with Gasteiger partial charge in [0.05, 0.1) is 0 Å². The second-order valence-corrected chi connectivity index (χ2v) is 5.40. The molecule has 0 radical (unpaired) electrons. The predicted molar refractivity (Wildman–Crippen MR) is 70.8 cm³/mol. The van der Waals surface area contributed by atoms with Gasteiger partial charge in [0.15, 0.2) is 0 Å². The molecule has 0 aromatic carbocycles. The molecule has 0 amide bonds. The van der Waals surface area contributed by atoms with E-state index in [1.807, 2.05) is 6.20 Å². The highest BCUT2D eigenvalue weighted by Crippen LogP contribution is 2.05. The van der Waals surface area contributed by atoms with Crippen molar-refractivity contribution in [3.63, 3.8) is 0 Å². The number of hydrogen-bond acceptors (Lipinski definition) is 4. The molecule has 1 aromatic heterocycles. The zero-order valence-electron chi connectivity index (χ0n) is 10.5. The summed E-state index contributed by atoms with van der Waals surface area (Å²) < 4.78 is 18.0. The lowest BCUT2D eigenvalue weighted by Crippen LogP contribution is -2.11. The van der Waals surface area contributed by atoms with E-state index in [2.05, 4.69) is 14.9 Å². The lowest BCUT2D eigenvalue weighted by molar-refractivity contribution is 0.190. The maximum absolute atomic E-state index is 10.9. The van der Waals surface area contributed by atoms with Gasteiger partial charge < -0.3 is 14.6 Å². The van der Waals surface area contributed by atoms with Crippen molar-refractivity contribution in [3.8, 4) is 0 Å². The minimum atomic E-state index is -0.709. The Morgan fingerprint density at radius 1 is 1.53 bits per heavy atom. The molecule has 0 aliphatic heterocycles. The molecule has 5 nitrogen and oxygen atoms in total. The third-order valence-electron chi connectivity index (χ3n) is 2.35. The van der Waals surface area contributed by atoms with Crippen LogP contribution >= 0.6 is 0 Å². The molecule has 98 valence electrons. The van der Waals surface area contributed by atoms with Gasteiger partial charge in [-0.25, -0.2) is 4.98 Å². The molecular weight excluding hydrogens is 238 g/mol.